The smallest absolute Gasteiger partial charge is 0.327 e. The molecule has 0 unspecified atom stereocenters. The van der Waals surface area contributed by atoms with Crippen LogP contribution < -0.4 is 0 Å². The van der Waals surface area contributed by atoms with Crippen LogP contribution in [0.2, 0.25) is 0 Å². The van der Waals surface area contributed by atoms with E-state index in [1.54, 1.807) is 30.3 Å². The molecular formula is C17H12N2O6. The summed E-state index contributed by atoms with van der Waals surface area (Å²) in [6.07, 6.45) is -0.0519. The minimum absolute atomic E-state index is 0.0325. The van der Waals surface area contributed by atoms with Crippen molar-refractivity contribution in [2.75, 3.05) is 0 Å². The summed E-state index contributed by atoms with van der Waals surface area (Å²) in [4.78, 5) is 47.5. The molecule has 0 aliphatic carbocycles. The van der Waals surface area contributed by atoms with E-state index in [0.29, 0.717) is 10.5 Å². The van der Waals surface area contributed by atoms with Gasteiger partial charge in [-0.15, -0.1) is 0 Å². The molecule has 3 rings (SSSR count). The second-order valence-corrected chi connectivity index (χ2v) is 5.51. The molecule has 0 spiro atoms. The molecule has 0 saturated heterocycles. The molecule has 1 N–H and O–H groups in total. The number of carboxylic acids is 1. The number of fused-ring (bicyclic) bond motifs is 1. The first-order chi connectivity index (χ1) is 11.9. The number of carbonyl (C=O) groups excluding carboxylic acids is 2. The summed E-state index contributed by atoms with van der Waals surface area (Å²) in [5.41, 5.74) is 0.127. The molecule has 0 aromatic heterocycles. The van der Waals surface area contributed by atoms with Crippen LogP contribution >= 0.6 is 0 Å². The zero-order chi connectivity index (χ0) is 18.1. The predicted octanol–water partition coefficient (Wildman–Crippen LogP) is 1.89. The number of rotatable bonds is 5. The van der Waals surface area contributed by atoms with Gasteiger partial charge in [-0.3, -0.25) is 24.6 Å². The van der Waals surface area contributed by atoms with Crippen LogP contribution in [0.25, 0.3) is 0 Å². The van der Waals surface area contributed by atoms with E-state index in [4.69, 9.17) is 0 Å². The monoisotopic (exact) mass is 340 g/mol. The molecule has 1 heterocycles. The standard InChI is InChI=1S/C17H12N2O6/c20-15-12-7-6-11(19(24)25)9-13(12)16(21)18(15)14(17(22)23)8-10-4-2-1-3-5-10/h1-7,9,14H,8H2,(H,22,23)/t14-/m1/s1. The van der Waals surface area contributed by atoms with Gasteiger partial charge < -0.3 is 5.11 Å². The van der Waals surface area contributed by atoms with Crippen molar-refractivity contribution in [3.05, 3.63) is 75.3 Å². The second-order valence-electron chi connectivity index (χ2n) is 5.51. The number of non-ortho nitro benzene ring substituents is 1. The Balaban J connectivity index is 1.98. The quantitative estimate of drug-likeness (QED) is 0.504. The average Bonchev–Trinajstić information content (AvgIpc) is 2.84. The van der Waals surface area contributed by atoms with Crippen LogP contribution in [0.4, 0.5) is 5.69 Å². The van der Waals surface area contributed by atoms with Gasteiger partial charge in [0.05, 0.1) is 16.1 Å². The highest BCUT2D eigenvalue weighted by molar-refractivity contribution is 6.22. The lowest BCUT2D eigenvalue weighted by Crippen LogP contribution is -2.46. The third-order valence-electron chi connectivity index (χ3n) is 3.98. The fraction of sp³-hybridized carbons (Fsp3) is 0.118. The van der Waals surface area contributed by atoms with Crippen molar-refractivity contribution in [2.24, 2.45) is 0 Å². The molecular weight excluding hydrogens is 328 g/mol. The third-order valence-corrected chi connectivity index (χ3v) is 3.98. The molecule has 1 aliphatic rings. The summed E-state index contributed by atoms with van der Waals surface area (Å²) in [6.45, 7) is 0. The van der Waals surface area contributed by atoms with Crippen molar-refractivity contribution in [3.63, 3.8) is 0 Å². The first kappa shape index (κ1) is 16.3. The van der Waals surface area contributed by atoms with Crippen molar-refractivity contribution in [3.8, 4) is 0 Å². The zero-order valence-corrected chi connectivity index (χ0v) is 12.8. The van der Waals surface area contributed by atoms with Crippen LogP contribution in [-0.4, -0.2) is 38.8 Å². The fourth-order valence-electron chi connectivity index (χ4n) is 2.77. The molecule has 2 aromatic carbocycles. The first-order valence-electron chi connectivity index (χ1n) is 7.33. The number of benzene rings is 2. The van der Waals surface area contributed by atoms with Crippen LogP contribution in [0.5, 0.6) is 0 Å². The summed E-state index contributed by atoms with van der Waals surface area (Å²) in [5, 5.41) is 20.4. The SMILES string of the molecule is O=C(O)[C@@H](Cc1ccccc1)N1C(=O)c2ccc([N+](=O)[O-])cc2C1=O. The summed E-state index contributed by atoms with van der Waals surface area (Å²) >= 11 is 0. The van der Waals surface area contributed by atoms with E-state index in [-0.39, 0.29) is 23.2 Å². The number of nitrogens with zero attached hydrogens (tertiary/aromatic N) is 2. The highest BCUT2D eigenvalue weighted by atomic mass is 16.6. The molecule has 0 fully saturated rings. The molecule has 1 aliphatic heterocycles. The van der Waals surface area contributed by atoms with Crippen LogP contribution in [-0.2, 0) is 11.2 Å². The van der Waals surface area contributed by atoms with Crippen LogP contribution in [0, 0.1) is 10.1 Å². The number of aliphatic carboxylic acids is 1. The van der Waals surface area contributed by atoms with Crippen LogP contribution in [0.1, 0.15) is 26.3 Å². The van der Waals surface area contributed by atoms with Crippen molar-refractivity contribution in [2.45, 2.75) is 12.5 Å². The van der Waals surface area contributed by atoms with Gasteiger partial charge in [0, 0.05) is 18.6 Å². The van der Waals surface area contributed by atoms with Crippen molar-refractivity contribution < 1.29 is 24.4 Å². The maximum atomic E-state index is 12.5. The summed E-state index contributed by atoms with van der Waals surface area (Å²) < 4.78 is 0. The van der Waals surface area contributed by atoms with E-state index < -0.39 is 28.7 Å². The number of carbonyl (C=O) groups is 3. The molecule has 126 valence electrons. The summed E-state index contributed by atoms with van der Waals surface area (Å²) in [7, 11) is 0. The Hall–Kier alpha value is -3.55. The maximum Gasteiger partial charge on any atom is 0.327 e. The highest BCUT2D eigenvalue weighted by Gasteiger charge is 2.43. The van der Waals surface area contributed by atoms with Gasteiger partial charge in [0.25, 0.3) is 17.5 Å². The Labute approximate surface area is 141 Å². The number of hydrogen-bond acceptors (Lipinski definition) is 5. The number of nitro groups is 1. The van der Waals surface area contributed by atoms with Crippen molar-refractivity contribution in [1.82, 2.24) is 4.90 Å². The summed E-state index contributed by atoms with van der Waals surface area (Å²) in [5.74, 6) is -2.93. The Morgan fingerprint density at radius 2 is 1.72 bits per heavy atom. The predicted molar refractivity (Wildman–Crippen MR) is 85.2 cm³/mol. The van der Waals surface area contributed by atoms with Gasteiger partial charge in [0.15, 0.2) is 0 Å². The lowest BCUT2D eigenvalue weighted by molar-refractivity contribution is -0.384. The number of imide groups is 1. The molecule has 25 heavy (non-hydrogen) atoms. The molecule has 2 aromatic rings. The van der Waals surface area contributed by atoms with E-state index in [1.807, 2.05) is 0 Å². The molecule has 8 heteroatoms. The number of hydrogen-bond donors (Lipinski definition) is 1. The number of nitro benzene ring substituents is 1. The van der Waals surface area contributed by atoms with Gasteiger partial charge in [-0.25, -0.2) is 4.79 Å². The van der Waals surface area contributed by atoms with Gasteiger partial charge in [-0.2, -0.15) is 0 Å². The molecule has 0 bridgehead atoms. The van der Waals surface area contributed by atoms with Gasteiger partial charge in [-0.1, -0.05) is 30.3 Å². The summed E-state index contributed by atoms with van der Waals surface area (Å²) in [6, 6.07) is 10.5. The lowest BCUT2D eigenvalue weighted by Gasteiger charge is -2.22. The van der Waals surface area contributed by atoms with Gasteiger partial charge in [-0.05, 0) is 11.6 Å². The zero-order valence-electron chi connectivity index (χ0n) is 12.8. The Morgan fingerprint density at radius 3 is 2.32 bits per heavy atom. The highest BCUT2D eigenvalue weighted by Crippen LogP contribution is 2.29. The van der Waals surface area contributed by atoms with Gasteiger partial charge in [0.1, 0.15) is 6.04 Å². The first-order valence-corrected chi connectivity index (χ1v) is 7.33. The van der Waals surface area contributed by atoms with Crippen LogP contribution in [0.15, 0.2) is 48.5 Å². The molecule has 0 saturated carbocycles. The van der Waals surface area contributed by atoms with Gasteiger partial charge >= 0.3 is 5.97 Å². The Morgan fingerprint density at radius 1 is 1.08 bits per heavy atom. The number of carboxylic acid groups (broad SMARTS) is 1. The van der Waals surface area contributed by atoms with E-state index in [0.717, 1.165) is 12.1 Å². The lowest BCUT2D eigenvalue weighted by atomic mass is 10.0. The molecule has 8 nitrogen and oxygen atoms in total. The average molecular weight is 340 g/mol. The second kappa shape index (κ2) is 6.16. The fourth-order valence-corrected chi connectivity index (χ4v) is 2.77. The van der Waals surface area contributed by atoms with Crippen LogP contribution in [0.3, 0.4) is 0 Å². The van der Waals surface area contributed by atoms with E-state index in [9.17, 15) is 29.6 Å². The Kier molecular flexibility index (Phi) is 4.02. The maximum absolute atomic E-state index is 12.5. The minimum atomic E-state index is -1.39. The topological polar surface area (TPSA) is 118 Å². The van der Waals surface area contributed by atoms with E-state index in [1.165, 1.54) is 6.07 Å². The van der Waals surface area contributed by atoms with Crippen molar-refractivity contribution in [1.29, 1.82) is 0 Å². The number of amides is 2. The van der Waals surface area contributed by atoms with E-state index in [2.05, 4.69) is 0 Å². The molecule has 2 amide bonds. The molecule has 1 atom stereocenters. The molecule has 0 radical (unpaired) electrons. The Bertz CT molecular complexity index is 893. The normalized spacial score (nSPS) is 14.3. The third kappa shape index (κ3) is 2.85. The van der Waals surface area contributed by atoms with Gasteiger partial charge in [0.2, 0.25) is 0 Å². The van der Waals surface area contributed by atoms with E-state index >= 15 is 0 Å². The minimum Gasteiger partial charge on any atom is -0.480 e. The largest absolute Gasteiger partial charge is 0.480 e. The van der Waals surface area contributed by atoms with Crippen molar-refractivity contribution >= 4 is 23.5 Å².